The molecule has 0 unspecified atom stereocenters. The highest BCUT2D eigenvalue weighted by Gasteiger charge is 2.36. The maximum Gasteiger partial charge on any atom is 0.274 e. The van der Waals surface area contributed by atoms with Crippen molar-refractivity contribution in [2.24, 2.45) is 5.92 Å². The van der Waals surface area contributed by atoms with Crippen molar-refractivity contribution in [3.8, 4) is 5.69 Å². The summed E-state index contributed by atoms with van der Waals surface area (Å²) in [7, 11) is -1.64. The Kier molecular flexibility index (Phi) is 5.22. The first-order valence-electron chi connectivity index (χ1n) is 9.92. The molecule has 0 radical (unpaired) electrons. The number of piperazine rings is 1. The summed E-state index contributed by atoms with van der Waals surface area (Å²) >= 11 is 0. The van der Waals surface area contributed by atoms with Gasteiger partial charge >= 0.3 is 0 Å². The molecular weight excluding hydrogens is 390 g/mol. The van der Waals surface area contributed by atoms with Crippen LogP contribution in [0.25, 0.3) is 5.69 Å². The van der Waals surface area contributed by atoms with Gasteiger partial charge in [-0.3, -0.25) is 9.36 Å². The fraction of sp³-hybridized carbons (Fsp3) is 0.500. The highest BCUT2D eigenvalue weighted by molar-refractivity contribution is 7.89. The van der Waals surface area contributed by atoms with Crippen LogP contribution < -0.4 is 0 Å². The number of imidazole rings is 1. The molecule has 2 aliphatic rings. The van der Waals surface area contributed by atoms with Gasteiger partial charge in [0, 0.05) is 32.7 Å². The lowest BCUT2D eigenvalue weighted by atomic mass is 10.2. The van der Waals surface area contributed by atoms with E-state index < -0.39 is 10.0 Å². The SMILES string of the molecule is CC(C)CN1Cc2c(C(=O)N3CCN(C)CC3)ncn2-c2ccccc2S1(=O)=O. The third-order valence-corrected chi connectivity index (χ3v) is 7.36. The van der Waals surface area contributed by atoms with Gasteiger partial charge in [0.1, 0.15) is 11.2 Å². The third kappa shape index (κ3) is 3.58. The quantitative estimate of drug-likeness (QED) is 0.755. The Balaban J connectivity index is 1.80. The van der Waals surface area contributed by atoms with Crippen molar-refractivity contribution >= 4 is 15.9 Å². The molecule has 0 atom stereocenters. The van der Waals surface area contributed by atoms with Crippen LogP contribution in [-0.4, -0.2) is 77.8 Å². The second kappa shape index (κ2) is 7.55. The minimum Gasteiger partial charge on any atom is -0.335 e. The number of hydrogen-bond donors (Lipinski definition) is 0. The fourth-order valence-corrected chi connectivity index (χ4v) is 5.65. The predicted molar refractivity (Wildman–Crippen MR) is 109 cm³/mol. The number of sulfonamides is 1. The lowest BCUT2D eigenvalue weighted by Crippen LogP contribution is -2.47. The topological polar surface area (TPSA) is 78.8 Å². The van der Waals surface area contributed by atoms with Crippen molar-refractivity contribution in [2.75, 3.05) is 39.8 Å². The number of para-hydroxylation sites is 1. The maximum absolute atomic E-state index is 13.3. The molecule has 1 aromatic heterocycles. The average Bonchev–Trinajstić information content (AvgIpc) is 3.07. The molecule has 9 heteroatoms. The molecule has 156 valence electrons. The average molecular weight is 418 g/mol. The zero-order valence-electron chi connectivity index (χ0n) is 17.1. The first kappa shape index (κ1) is 20.1. The predicted octanol–water partition coefficient (Wildman–Crippen LogP) is 1.42. The number of benzene rings is 1. The van der Waals surface area contributed by atoms with Gasteiger partial charge in [-0.2, -0.15) is 4.31 Å². The summed E-state index contributed by atoms with van der Waals surface area (Å²) in [6.07, 6.45) is 1.58. The van der Waals surface area contributed by atoms with E-state index in [-0.39, 0.29) is 23.3 Å². The van der Waals surface area contributed by atoms with E-state index >= 15 is 0 Å². The van der Waals surface area contributed by atoms with Crippen molar-refractivity contribution in [3.63, 3.8) is 0 Å². The van der Waals surface area contributed by atoms with Gasteiger partial charge in [0.2, 0.25) is 10.0 Å². The zero-order chi connectivity index (χ0) is 20.8. The Morgan fingerprint density at radius 2 is 1.83 bits per heavy atom. The van der Waals surface area contributed by atoms with E-state index in [9.17, 15) is 13.2 Å². The van der Waals surface area contributed by atoms with E-state index in [1.54, 1.807) is 40.1 Å². The van der Waals surface area contributed by atoms with Crippen LogP contribution in [0, 0.1) is 5.92 Å². The molecule has 1 fully saturated rings. The van der Waals surface area contributed by atoms with Crippen LogP contribution in [0.5, 0.6) is 0 Å². The molecule has 2 aliphatic heterocycles. The lowest BCUT2D eigenvalue weighted by Gasteiger charge is -2.32. The number of rotatable bonds is 3. The maximum atomic E-state index is 13.3. The van der Waals surface area contributed by atoms with Crippen molar-refractivity contribution in [2.45, 2.75) is 25.3 Å². The smallest absolute Gasteiger partial charge is 0.274 e. The second-order valence-electron chi connectivity index (χ2n) is 8.16. The Morgan fingerprint density at radius 1 is 1.14 bits per heavy atom. The van der Waals surface area contributed by atoms with Crippen LogP contribution in [0.2, 0.25) is 0 Å². The van der Waals surface area contributed by atoms with E-state index in [0.717, 1.165) is 13.1 Å². The fourth-order valence-electron chi connectivity index (χ4n) is 3.91. The summed E-state index contributed by atoms with van der Waals surface area (Å²) in [4.78, 5) is 21.9. The molecule has 1 aromatic carbocycles. The van der Waals surface area contributed by atoms with Gasteiger partial charge in [-0.15, -0.1) is 0 Å². The Labute approximate surface area is 171 Å². The number of hydrogen-bond acceptors (Lipinski definition) is 5. The standard InChI is InChI=1S/C20H27N5O3S/c1-15(2)12-24-13-17-19(20(26)23-10-8-22(3)9-11-23)21-14-25(17)16-6-4-5-7-18(16)29(24,27)28/h4-7,14-15H,8-13H2,1-3H3. The van der Waals surface area contributed by atoms with E-state index in [1.807, 2.05) is 20.9 Å². The molecule has 0 N–H and O–H groups in total. The van der Waals surface area contributed by atoms with Crippen LogP contribution in [0.15, 0.2) is 35.5 Å². The minimum atomic E-state index is -3.67. The largest absolute Gasteiger partial charge is 0.335 e. The number of nitrogens with zero attached hydrogens (tertiary/aromatic N) is 5. The van der Waals surface area contributed by atoms with Crippen LogP contribution in [0.4, 0.5) is 0 Å². The molecule has 3 heterocycles. The first-order valence-corrected chi connectivity index (χ1v) is 11.4. The van der Waals surface area contributed by atoms with Gasteiger partial charge in [0.25, 0.3) is 5.91 Å². The molecule has 1 saturated heterocycles. The molecule has 1 amide bonds. The molecule has 0 bridgehead atoms. The normalized spacial score (nSPS) is 19.7. The minimum absolute atomic E-state index is 0.129. The van der Waals surface area contributed by atoms with Crippen molar-refractivity contribution < 1.29 is 13.2 Å². The summed E-state index contributed by atoms with van der Waals surface area (Å²) in [5.41, 5.74) is 1.51. The highest BCUT2D eigenvalue weighted by Crippen LogP contribution is 2.32. The summed E-state index contributed by atoms with van der Waals surface area (Å²) in [6.45, 7) is 7.41. The molecule has 0 saturated carbocycles. The van der Waals surface area contributed by atoms with Crippen molar-refractivity contribution in [3.05, 3.63) is 42.0 Å². The lowest BCUT2D eigenvalue weighted by molar-refractivity contribution is 0.0656. The summed E-state index contributed by atoms with van der Waals surface area (Å²) in [5.74, 6) is 0.0244. The number of likely N-dealkylation sites (N-methyl/N-ethyl adjacent to an activating group) is 1. The van der Waals surface area contributed by atoms with Gasteiger partial charge in [0.05, 0.1) is 17.9 Å². The number of carbonyl (C=O) groups excluding carboxylic acids is 1. The monoisotopic (exact) mass is 417 g/mol. The van der Waals surface area contributed by atoms with Gasteiger partial charge in [-0.1, -0.05) is 26.0 Å². The third-order valence-electron chi connectivity index (χ3n) is 5.50. The number of aromatic nitrogens is 2. The molecule has 29 heavy (non-hydrogen) atoms. The number of amides is 1. The second-order valence-corrected chi connectivity index (χ2v) is 10.1. The molecule has 0 aliphatic carbocycles. The van der Waals surface area contributed by atoms with E-state index in [2.05, 4.69) is 9.88 Å². The highest BCUT2D eigenvalue weighted by atomic mass is 32.2. The number of fused-ring (bicyclic) bond motifs is 3. The van der Waals surface area contributed by atoms with Crippen LogP contribution in [-0.2, 0) is 16.6 Å². The first-order chi connectivity index (χ1) is 13.8. The Bertz CT molecular complexity index is 1020. The van der Waals surface area contributed by atoms with Crippen LogP contribution >= 0.6 is 0 Å². The summed E-state index contributed by atoms with van der Waals surface area (Å²) in [5, 5.41) is 0. The van der Waals surface area contributed by atoms with Gasteiger partial charge in [-0.05, 0) is 25.1 Å². The summed E-state index contributed by atoms with van der Waals surface area (Å²) < 4.78 is 29.9. The van der Waals surface area contributed by atoms with E-state index in [0.29, 0.717) is 36.7 Å². The van der Waals surface area contributed by atoms with Crippen LogP contribution in [0.1, 0.15) is 30.0 Å². The Morgan fingerprint density at radius 3 is 2.52 bits per heavy atom. The van der Waals surface area contributed by atoms with Gasteiger partial charge in [-0.25, -0.2) is 13.4 Å². The molecular formula is C20H27N5O3S. The van der Waals surface area contributed by atoms with Gasteiger partial charge in [0.15, 0.2) is 5.69 Å². The Hall–Kier alpha value is -2.23. The summed E-state index contributed by atoms with van der Waals surface area (Å²) in [6, 6.07) is 6.91. The molecule has 4 rings (SSSR count). The van der Waals surface area contributed by atoms with E-state index in [1.165, 1.54) is 4.31 Å². The molecule has 8 nitrogen and oxygen atoms in total. The van der Waals surface area contributed by atoms with Crippen molar-refractivity contribution in [1.29, 1.82) is 0 Å². The number of carbonyl (C=O) groups is 1. The molecule has 0 spiro atoms. The van der Waals surface area contributed by atoms with Crippen molar-refractivity contribution in [1.82, 2.24) is 23.7 Å². The van der Waals surface area contributed by atoms with Crippen LogP contribution in [0.3, 0.4) is 0 Å². The van der Waals surface area contributed by atoms with E-state index in [4.69, 9.17) is 0 Å². The molecule has 2 aromatic rings. The van der Waals surface area contributed by atoms with Gasteiger partial charge < -0.3 is 9.80 Å². The zero-order valence-corrected chi connectivity index (χ0v) is 17.9.